The normalized spacial score (nSPS) is 10.5. The SMILES string of the molecule is Cc1cc(C)cc(Nc2cc(C(=O)Nc3cccc(Cl)c3)nc(C)n2)c1. The van der Waals surface area contributed by atoms with Gasteiger partial charge < -0.3 is 10.6 Å². The van der Waals surface area contributed by atoms with E-state index in [2.05, 4.69) is 26.7 Å². The zero-order chi connectivity index (χ0) is 18.7. The molecule has 26 heavy (non-hydrogen) atoms. The molecule has 1 aromatic heterocycles. The van der Waals surface area contributed by atoms with E-state index in [-0.39, 0.29) is 11.6 Å². The van der Waals surface area contributed by atoms with Gasteiger partial charge in [0.25, 0.3) is 5.91 Å². The summed E-state index contributed by atoms with van der Waals surface area (Å²) in [5.41, 5.74) is 4.11. The van der Waals surface area contributed by atoms with Gasteiger partial charge in [-0.1, -0.05) is 23.7 Å². The first-order valence-electron chi connectivity index (χ1n) is 8.17. The molecule has 0 fully saturated rings. The van der Waals surface area contributed by atoms with Crippen molar-refractivity contribution in [1.82, 2.24) is 9.97 Å². The molecule has 0 saturated heterocycles. The molecule has 3 rings (SSSR count). The predicted molar refractivity (Wildman–Crippen MR) is 105 cm³/mol. The van der Waals surface area contributed by atoms with Gasteiger partial charge in [0, 0.05) is 22.5 Å². The van der Waals surface area contributed by atoms with Gasteiger partial charge in [0.2, 0.25) is 0 Å². The van der Waals surface area contributed by atoms with Gasteiger partial charge in [0.05, 0.1) is 0 Å². The van der Waals surface area contributed by atoms with E-state index in [1.165, 1.54) is 0 Å². The Balaban J connectivity index is 1.83. The number of halogens is 1. The number of amides is 1. The van der Waals surface area contributed by atoms with Gasteiger partial charge >= 0.3 is 0 Å². The van der Waals surface area contributed by atoms with Crippen LogP contribution in [0.25, 0.3) is 0 Å². The van der Waals surface area contributed by atoms with Crippen LogP contribution in [0.5, 0.6) is 0 Å². The van der Waals surface area contributed by atoms with Gasteiger partial charge in [0.1, 0.15) is 17.3 Å². The molecule has 2 aromatic carbocycles. The van der Waals surface area contributed by atoms with Gasteiger partial charge in [-0.15, -0.1) is 0 Å². The zero-order valence-electron chi connectivity index (χ0n) is 14.8. The lowest BCUT2D eigenvalue weighted by atomic mass is 10.1. The third kappa shape index (κ3) is 4.58. The summed E-state index contributed by atoms with van der Waals surface area (Å²) in [6, 6.07) is 14.7. The highest BCUT2D eigenvalue weighted by molar-refractivity contribution is 6.30. The Morgan fingerprint density at radius 2 is 1.65 bits per heavy atom. The Kier molecular flexibility index (Phi) is 5.19. The predicted octanol–water partition coefficient (Wildman–Crippen LogP) is 5.05. The summed E-state index contributed by atoms with van der Waals surface area (Å²) in [6.07, 6.45) is 0. The van der Waals surface area contributed by atoms with Gasteiger partial charge in [-0.05, 0) is 62.2 Å². The third-order valence-corrected chi connectivity index (χ3v) is 3.88. The van der Waals surface area contributed by atoms with Gasteiger partial charge in [-0.2, -0.15) is 0 Å². The molecule has 0 aliphatic heterocycles. The summed E-state index contributed by atoms with van der Waals surface area (Å²) in [4.78, 5) is 21.1. The van der Waals surface area contributed by atoms with Crippen molar-refractivity contribution in [2.24, 2.45) is 0 Å². The van der Waals surface area contributed by atoms with E-state index in [1.54, 1.807) is 37.3 Å². The van der Waals surface area contributed by atoms with E-state index >= 15 is 0 Å². The molecule has 3 aromatic rings. The number of hydrogen-bond acceptors (Lipinski definition) is 4. The largest absolute Gasteiger partial charge is 0.340 e. The molecule has 0 bridgehead atoms. The zero-order valence-corrected chi connectivity index (χ0v) is 15.6. The molecule has 5 nitrogen and oxygen atoms in total. The molecular weight excluding hydrogens is 348 g/mol. The molecule has 6 heteroatoms. The van der Waals surface area contributed by atoms with E-state index < -0.39 is 0 Å². The second kappa shape index (κ2) is 7.54. The summed E-state index contributed by atoms with van der Waals surface area (Å²) in [5, 5.41) is 6.59. The maximum absolute atomic E-state index is 12.5. The molecule has 132 valence electrons. The van der Waals surface area contributed by atoms with Crippen LogP contribution in [0.1, 0.15) is 27.4 Å². The number of aryl methyl sites for hydroxylation is 3. The maximum atomic E-state index is 12.5. The van der Waals surface area contributed by atoms with Gasteiger partial charge in [-0.3, -0.25) is 4.79 Å². The van der Waals surface area contributed by atoms with Crippen molar-refractivity contribution in [3.05, 3.63) is 76.2 Å². The fourth-order valence-electron chi connectivity index (χ4n) is 2.70. The van der Waals surface area contributed by atoms with Crippen LogP contribution in [0.15, 0.2) is 48.5 Å². The van der Waals surface area contributed by atoms with Crippen LogP contribution in [-0.4, -0.2) is 15.9 Å². The van der Waals surface area contributed by atoms with Crippen LogP contribution in [0.3, 0.4) is 0 Å². The van der Waals surface area contributed by atoms with Crippen molar-refractivity contribution in [1.29, 1.82) is 0 Å². The number of nitrogens with zero attached hydrogens (tertiary/aromatic N) is 2. The molecule has 0 spiro atoms. The average molecular weight is 367 g/mol. The van der Waals surface area contributed by atoms with Crippen LogP contribution in [0.4, 0.5) is 17.2 Å². The number of nitrogens with one attached hydrogen (secondary N) is 2. The number of benzene rings is 2. The number of anilines is 3. The smallest absolute Gasteiger partial charge is 0.274 e. The highest BCUT2D eigenvalue weighted by Gasteiger charge is 2.11. The van der Waals surface area contributed by atoms with Crippen molar-refractivity contribution in [2.45, 2.75) is 20.8 Å². The molecule has 0 aliphatic carbocycles. The second-order valence-corrected chi connectivity index (χ2v) is 6.59. The molecule has 0 atom stereocenters. The monoisotopic (exact) mass is 366 g/mol. The van der Waals surface area contributed by atoms with Crippen molar-refractivity contribution >= 4 is 34.7 Å². The fourth-order valence-corrected chi connectivity index (χ4v) is 2.89. The summed E-state index contributed by atoms with van der Waals surface area (Å²) < 4.78 is 0. The number of carbonyl (C=O) groups excluding carboxylic acids is 1. The minimum Gasteiger partial charge on any atom is -0.340 e. The molecular formula is C20H19ClN4O. The number of rotatable bonds is 4. The Morgan fingerprint density at radius 3 is 2.35 bits per heavy atom. The Hall–Kier alpha value is -2.92. The minimum absolute atomic E-state index is 0.282. The van der Waals surface area contributed by atoms with Crippen molar-refractivity contribution in [2.75, 3.05) is 10.6 Å². The number of aromatic nitrogens is 2. The topological polar surface area (TPSA) is 66.9 Å². The first kappa shape index (κ1) is 17.9. The Labute approximate surface area is 157 Å². The highest BCUT2D eigenvalue weighted by atomic mass is 35.5. The van der Waals surface area contributed by atoms with E-state index in [0.29, 0.717) is 22.4 Å². The summed E-state index contributed by atoms with van der Waals surface area (Å²) in [6.45, 7) is 5.82. The lowest BCUT2D eigenvalue weighted by Crippen LogP contribution is -2.15. The molecule has 1 heterocycles. The third-order valence-electron chi connectivity index (χ3n) is 3.65. The van der Waals surface area contributed by atoms with Gasteiger partial charge in [-0.25, -0.2) is 9.97 Å². The maximum Gasteiger partial charge on any atom is 0.274 e. The summed E-state index contributed by atoms with van der Waals surface area (Å²) in [5.74, 6) is 0.760. The number of hydrogen-bond donors (Lipinski definition) is 2. The van der Waals surface area contributed by atoms with Crippen molar-refractivity contribution in [3.63, 3.8) is 0 Å². The lowest BCUT2D eigenvalue weighted by Gasteiger charge is -2.10. The second-order valence-electron chi connectivity index (χ2n) is 6.15. The lowest BCUT2D eigenvalue weighted by molar-refractivity contribution is 0.102. The van der Waals surface area contributed by atoms with Crippen LogP contribution in [-0.2, 0) is 0 Å². The molecule has 0 unspecified atom stereocenters. The van der Waals surface area contributed by atoms with Crippen molar-refractivity contribution < 1.29 is 4.79 Å². The molecule has 0 radical (unpaired) electrons. The standard InChI is InChI=1S/C20H19ClN4O/c1-12-7-13(2)9-17(8-12)24-19-11-18(22-14(3)23-19)20(26)25-16-6-4-5-15(21)10-16/h4-11H,1-3H3,(H,25,26)(H,22,23,24). The first-order valence-corrected chi connectivity index (χ1v) is 8.55. The van der Waals surface area contributed by atoms with E-state index in [4.69, 9.17) is 11.6 Å². The van der Waals surface area contributed by atoms with Crippen molar-refractivity contribution in [3.8, 4) is 0 Å². The van der Waals surface area contributed by atoms with Crippen LogP contribution >= 0.6 is 11.6 Å². The van der Waals surface area contributed by atoms with Crippen LogP contribution < -0.4 is 10.6 Å². The van der Waals surface area contributed by atoms with E-state index in [9.17, 15) is 4.79 Å². The summed E-state index contributed by atoms with van der Waals surface area (Å²) in [7, 11) is 0. The molecule has 0 aliphatic rings. The molecule has 1 amide bonds. The molecule has 0 saturated carbocycles. The Morgan fingerprint density at radius 1 is 0.923 bits per heavy atom. The quantitative estimate of drug-likeness (QED) is 0.678. The van der Waals surface area contributed by atoms with Gasteiger partial charge in [0.15, 0.2) is 0 Å². The first-order chi connectivity index (χ1) is 12.4. The Bertz CT molecular complexity index is 952. The minimum atomic E-state index is -0.318. The van der Waals surface area contributed by atoms with Crippen LogP contribution in [0, 0.1) is 20.8 Å². The average Bonchev–Trinajstić information content (AvgIpc) is 2.53. The van der Waals surface area contributed by atoms with E-state index in [0.717, 1.165) is 16.8 Å². The number of carbonyl (C=O) groups is 1. The highest BCUT2D eigenvalue weighted by Crippen LogP contribution is 2.20. The fraction of sp³-hybridized carbons (Fsp3) is 0.150. The van der Waals surface area contributed by atoms with Crippen LogP contribution in [0.2, 0.25) is 5.02 Å². The molecule has 2 N–H and O–H groups in total. The summed E-state index contributed by atoms with van der Waals surface area (Å²) >= 11 is 5.95. The van der Waals surface area contributed by atoms with E-state index in [1.807, 2.05) is 26.0 Å².